The summed E-state index contributed by atoms with van der Waals surface area (Å²) in [7, 11) is -3.88. The zero-order valence-electron chi connectivity index (χ0n) is 16.4. The van der Waals surface area contributed by atoms with Crippen molar-refractivity contribution in [3.05, 3.63) is 70.9 Å². The summed E-state index contributed by atoms with van der Waals surface area (Å²) in [6.07, 6.45) is 0. The zero-order valence-corrected chi connectivity index (χ0v) is 18.1. The van der Waals surface area contributed by atoms with Crippen molar-refractivity contribution in [2.24, 2.45) is 0 Å². The molecule has 4 aromatic rings. The number of halogens is 1. The summed E-state index contributed by atoms with van der Waals surface area (Å²) in [6, 6.07) is 13.4. The number of carbonyl (C=O) groups is 1. The average Bonchev–Trinajstić information content (AvgIpc) is 3.35. The van der Waals surface area contributed by atoms with E-state index in [4.69, 9.17) is 4.52 Å². The summed E-state index contributed by atoms with van der Waals surface area (Å²) in [5, 5.41) is 3.86. The van der Waals surface area contributed by atoms with E-state index >= 15 is 0 Å². The monoisotopic (exact) mass is 457 g/mol. The predicted octanol–water partition coefficient (Wildman–Crippen LogP) is 4.92. The Morgan fingerprint density at radius 3 is 2.55 bits per heavy atom. The summed E-state index contributed by atoms with van der Waals surface area (Å²) in [5.74, 6) is -0.190. The molecule has 158 valence electrons. The number of aryl methyl sites for hydroxylation is 1. The number of ketones is 1. The van der Waals surface area contributed by atoms with Crippen LogP contribution in [0.3, 0.4) is 0 Å². The van der Waals surface area contributed by atoms with E-state index in [1.165, 1.54) is 54.7 Å². The Kier molecular flexibility index (Phi) is 5.42. The highest BCUT2D eigenvalue weighted by Crippen LogP contribution is 2.34. The van der Waals surface area contributed by atoms with Crippen LogP contribution in [0.5, 0.6) is 0 Å². The number of aromatic nitrogens is 2. The molecule has 2 aromatic carbocycles. The molecule has 0 bridgehead atoms. The van der Waals surface area contributed by atoms with Gasteiger partial charge in [0.05, 0.1) is 4.88 Å². The maximum atomic E-state index is 13.4. The highest BCUT2D eigenvalue weighted by molar-refractivity contribution is 7.93. The first kappa shape index (κ1) is 20.9. The van der Waals surface area contributed by atoms with Gasteiger partial charge in [0.25, 0.3) is 15.9 Å². The normalized spacial score (nSPS) is 11.5. The summed E-state index contributed by atoms with van der Waals surface area (Å²) in [6.45, 7) is 3.11. The molecule has 0 unspecified atom stereocenters. The van der Waals surface area contributed by atoms with Gasteiger partial charge in [-0.05, 0) is 56.3 Å². The molecule has 2 aromatic heterocycles. The number of rotatable bonds is 6. The molecule has 31 heavy (non-hydrogen) atoms. The van der Waals surface area contributed by atoms with E-state index in [0.29, 0.717) is 26.6 Å². The zero-order chi connectivity index (χ0) is 22.2. The minimum atomic E-state index is -3.88. The molecule has 0 radical (unpaired) electrons. The van der Waals surface area contributed by atoms with Crippen molar-refractivity contribution >= 4 is 32.8 Å². The molecule has 7 nitrogen and oxygen atoms in total. The van der Waals surface area contributed by atoms with Crippen LogP contribution >= 0.6 is 11.3 Å². The lowest BCUT2D eigenvalue weighted by Crippen LogP contribution is -2.13. The molecule has 0 fully saturated rings. The van der Waals surface area contributed by atoms with Crippen molar-refractivity contribution in [2.45, 2.75) is 18.7 Å². The lowest BCUT2D eigenvalue weighted by molar-refractivity contribution is 0.101. The van der Waals surface area contributed by atoms with Gasteiger partial charge in [-0.1, -0.05) is 17.3 Å². The average molecular weight is 458 g/mol. The number of hydrogen-bond acceptors (Lipinski definition) is 7. The van der Waals surface area contributed by atoms with Crippen LogP contribution in [-0.4, -0.2) is 24.3 Å². The Morgan fingerprint density at radius 1 is 1.13 bits per heavy atom. The highest BCUT2D eigenvalue weighted by Gasteiger charge is 2.23. The van der Waals surface area contributed by atoms with Crippen LogP contribution in [-0.2, 0) is 10.0 Å². The van der Waals surface area contributed by atoms with Crippen LogP contribution in [0.4, 0.5) is 10.1 Å². The van der Waals surface area contributed by atoms with Crippen LogP contribution in [0.2, 0.25) is 0 Å². The Hall–Kier alpha value is -3.37. The lowest BCUT2D eigenvalue weighted by Gasteiger charge is -2.08. The predicted molar refractivity (Wildman–Crippen MR) is 115 cm³/mol. The van der Waals surface area contributed by atoms with E-state index in [9.17, 15) is 17.6 Å². The number of anilines is 1. The number of thiophene rings is 1. The van der Waals surface area contributed by atoms with Crippen molar-refractivity contribution < 1.29 is 22.1 Å². The molecule has 0 saturated carbocycles. The molecular weight excluding hydrogens is 441 g/mol. The van der Waals surface area contributed by atoms with Gasteiger partial charge in [0.1, 0.15) is 10.7 Å². The van der Waals surface area contributed by atoms with E-state index in [-0.39, 0.29) is 22.4 Å². The minimum Gasteiger partial charge on any atom is -0.333 e. The molecule has 0 aliphatic rings. The number of sulfonamides is 1. The second-order valence-corrected chi connectivity index (χ2v) is 9.61. The summed E-state index contributed by atoms with van der Waals surface area (Å²) in [4.78, 5) is 16.7. The van der Waals surface area contributed by atoms with Crippen molar-refractivity contribution in [2.75, 3.05) is 4.72 Å². The first-order chi connectivity index (χ1) is 14.7. The third-order valence-electron chi connectivity index (χ3n) is 4.43. The van der Waals surface area contributed by atoms with Gasteiger partial charge in [0.15, 0.2) is 5.78 Å². The maximum absolute atomic E-state index is 13.4. The van der Waals surface area contributed by atoms with E-state index in [2.05, 4.69) is 14.9 Å². The fraction of sp³-hybridized carbons (Fsp3) is 0.0952. The van der Waals surface area contributed by atoms with Crippen LogP contribution in [0.25, 0.3) is 22.2 Å². The van der Waals surface area contributed by atoms with Crippen molar-refractivity contribution in [1.82, 2.24) is 10.1 Å². The first-order valence-corrected chi connectivity index (χ1v) is 11.4. The van der Waals surface area contributed by atoms with E-state index in [1.807, 2.05) is 0 Å². The summed E-state index contributed by atoms with van der Waals surface area (Å²) < 4.78 is 46.9. The van der Waals surface area contributed by atoms with E-state index < -0.39 is 15.8 Å². The Morgan fingerprint density at radius 2 is 1.87 bits per heavy atom. The van der Waals surface area contributed by atoms with Gasteiger partial charge < -0.3 is 4.52 Å². The van der Waals surface area contributed by atoms with Crippen LogP contribution in [0.15, 0.2) is 64.0 Å². The Bertz CT molecular complexity index is 1380. The molecular formula is C21H16FN3O4S2. The third-order valence-corrected chi connectivity index (χ3v) is 7.10. The van der Waals surface area contributed by atoms with Crippen LogP contribution < -0.4 is 4.72 Å². The fourth-order valence-corrected chi connectivity index (χ4v) is 5.46. The molecule has 1 N–H and O–H groups in total. The van der Waals surface area contributed by atoms with Gasteiger partial charge >= 0.3 is 0 Å². The maximum Gasteiger partial charge on any atom is 0.268 e. The van der Waals surface area contributed by atoms with Crippen molar-refractivity contribution in [3.63, 3.8) is 0 Å². The number of nitrogens with one attached hydrogen (secondary N) is 1. The molecule has 0 atom stereocenters. The molecule has 0 spiro atoms. The Balaban J connectivity index is 1.60. The van der Waals surface area contributed by atoms with Crippen LogP contribution in [0, 0.1) is 12.7 Å². The number of nitrogens with zero attached hydrogens (tertiary/aromatic N) is 2. The molecule has 0 aliphatic carbocycles. The first-order valence-electron chi connectivity index (χ1n) is 9.07. The summed E-state index contributed by atoms with van der Waals surface area (Å²) >= 11 is 1.19. The molecule has 10 heteroatoms. The second kappa shape index (κ2) is 8.05. The largest absolute Gasteiger partial charge is 0.333 e. The molecule has 0 aliphatic heterocycles. The molecule has 2 heterocycles. The smallest absolute Gasteiger partial charge is 0.268 e. The lowest BCUT2D eigenvalue weighted by atomic mass is 10.1. The number of Topliss-reactive ketones (excluding diaryl/α,β-unsaturated/α-hetero) is 1. The van der Waals surface area contributed by atoms with Crippen LogP contribution in [0.1, 0.15) is 22.2 Å². The molecule has 0 saturated heterocycles. The van der Waals surface area contributed by atoms with E-state index in [0.717, 1.165) is 0 Å². The van der Waals surface area contributed by atoms with Gasteiger partial charge in [0, 0.05) is 21.7 Å². The van der Waals surface area contributed by atoms with Gasteiger partial charge in [0.2, 0.25) is 5.82 Å². The van der Waals surface area contributed by atoms with Crippen molar-refractivity contribution in [1.29, 1.82) is 0 Å². The minimum absolute atomic E-state index is 0.0775. The second-order valence-electron chi connectivity index (χ2n) is 6.70. The fourth-order valence-electron chi connectivity index (χ4n) is 2.89. The molecule has 0 amide bonds. The van der Waals surface area contributed by atoms with Gasteiger partial charge in [-0.2, -0.15) is 4.98 Å². The number of carbonyl (C=O) groups excluding carboxylic acids is 1. The number of hydrogen-bond donors (Lipinski definition) is 1. The number of benzene rings is 2. The Labute approximate surface area is 181 Å². The quantitative estimate of drug-likeness (QED) is 0.413. The molecule has 4 rings (SSSR count). The van der Waals surface area contributed by atoms with Crippen molar-refractivity contribution in [3.8, 4) is 22.2 Å². The van der Waals surface area contributed by atoms with Gasteiger partial charge in [-0.3, -0.25) is 9.52 Å². The van der Waals surface area contributed by atoms with E-state index in [1.54, 1.807) is 25.1 Å². The highest BCUT2D eigenvalue weighted by atomic mass is 32.2. The topological polar surface area (TPSA) is 102 Å². The summed E-state index contributed by atoms with van der Waals surface area (Å²) in [5.41, 5.74) is 1.28. The standard InChI is InChI=1S/C21H16FN3O4S2/c1-12(26)14-6-8-17(9-7-14)25-31(27,28)19-11-18(30-13(19)2)21-23-20(24-29-21)15-4-3-5-16(22)10-15/h3-11,25H,1-2H3. The SMILES string of the molecule is CC(=O)c1ccc(NS(=O)(=O)c2cc(-c3nc(-c4cccc(F)c4)no3)sc2C)cc1. The third kappa shape index (κ3) is 4.39. The van der Waals surface area contributed by atoms with Gasteiger partial charge in [-0.15, -0.1) is 11.3 Å². The van der Waals surface area contributed by atoms with Gasteiger partial charge in [-0.25, -0.2) is 12.8 Å².